The molecule has 1 rings (SSSR count). The summed E-state index contributed by atoms with van der Waals surface area (Å²) in [4.78, 5) is 0.749. The molecule has 0 fully saturated rings. The first-order valence-electron chi connectivity index (χ1n) is 4.57. The van der Waals surface area contributed by atoms with Crippen LogP contribution in [-0.2, 0) is 10.8 Å². The summed E-state index contributed by atoms with van der Waals surface area (Å²) in [6, 6.07) is 5.49. The number of hydrogen-bond donors (Lipinski definition) is 1. The van der Waals surface area contributed by atoms with Gasteiger partial charge in [-0.25, -0.2) is 0 Å². The molecule has 0 radical (unpaired) electrons. The number of nitrogen functional groups attached to an aromatic ring is 1. The van der Waals surface area contributed by atoms with E-state index >= 15 is 0 Å². The predicted molar refractivity (Wildman–Crippen MR) is 72.8 cm³/mol. The van der Waals surface area contributed by atoms with Crippen LogP contribution < -0.4 is 5.73 Å². The van der Waals surface area contributed by atoms with Crippen molar-refractivity contribution in [1.29, 1.82) is 0 Å². The molecule has 1 unspecified atom stereocenters. The first kappa shape index (κ1) is 13.1. The van der Waals surface area contributed by atoms with E-state index in [9.17, 15) is 4.21 Å². The zero-order valence-corrected chi connectivity index (χ0v) is 11.8. The molecule has 0 amide bonds. The monoisotopic (exact) mass is 307 g/mol. The smallest absolute Gasteiger partial charge is 0.0618 e. The Labute approximate surface area is 106 Å². The van der Waals surface area contributed by atoms with Crippen molar-refractivity contribution < 1.29 is 4.21 Å². The van der Waals surface area contributed by atoms with Gasteiger partial charge in [0.15, 0.2) is 0 Å². The molecule has 15 heavy (non-hydrogen) atoms. The average Bonchev–Trinajstić information content (AvgIpc) is 2.17. The van der Waals surface area contributed by atoms with Crippen molar-refractivity contribution in [2.75, 3.05) is 23.5 Å². The molecule has 0 aromatic heterocycles. The van der Waals surface area contributed by atoms with E-state index in [4.69, 9.17) is 5.73 Å². The summed E-state index contributed by atoms with van der Waals surface area (Å²) in [6.07, 6.45) is 3.01. The molecule has 0 heterocycles. The van der Waals surface area contributed by atoms with Crippen LogP contribution in [-0.4, -0.2) is 22.0 Å². The largest absolute Gasteiger partial charge is 0.398 e. The van der Waals surface area contributed by atoms with Crippen molar-refractivity contribution >= 4 is 44.2 Å². The fourth-order valence-electron chi connectivity index (χ4n) is 1.17. The molecule has 5 heteroatoms. The molecule has 0 aliphatic rings. The van der Waals surface area contributed by atoms with E-state index in [1.54, 1.807) is 17.8 Å². The van der Waals surface area contributed by atoms with E-state index in [2.05, 4.69) is 22.2 Å². The molecule has 0 saturated carbocycles. The van der Waals surface area contributed by atoms with E-state index in [0.717, 1.165) is 21.5 Å². The van der Waals surface area contributed by atoms with Crippen LogP contribution in [0.5, 0.6) is 0 Å². The summed E-state index contributed by atoms with van der Waals surface area (Å²) in [6.45, 7) is 0. The van der Waals surface area contributed by atoms with E-state index in [1.165, 1.54) is 0 Å². The molecule has 1 aromatic carbocycles. The first-order valence-corrected chi connectivity index (χ1v) is 8.08. The molecule has 0 bridgehead atoms. The average molecular weight is 308 g/mol. The second kappa shape index (κ2) is 6.55. The normalized spacial score (nSPS) is 12.7. The maximum absolute atomic E-state index is 11.9. The number of thioether (sulfide) groups is 1. The number of anilines is 1. The van der Waals surface area contributed by atoms with Crippen molar-refractivity contribution in [3.63, 3.8) is 0 Å². The predicted octanol–water partition coefficient (Wildman–Crippen LogP) is 2.89. The molecular weight excluding hydrogens is 294 g/mol. The van der Waals surface area contributed by atoms with Crippen LogP contribution in [0.25, 0.3) is 0 Å². The Morgan fingerprint density at radius 1 is 1.53 bits per heavy atom. The van der Waals surface area contributed by atoms with Crippen LogP contribution >= 0.6 is 27.7 Å². The number of halogens is 1. The number of hydrogen-bond acceptors (Lipinski definition) is 3. The van der Waals surface area contributed by atoms with Gasteiger partial charge in [0.25, 0.3) is 0 Å². The fraction of sp³-hybridized carbons (Fsp3) is 0.400. The number of benzene rings is 1. The molecule has 1 aromatic rings. The lowest BCUT2D eigenvalue weighted by atomic mass is 10.3. The zero-order chi connectivity index (χ0) is 11.3. The molecule has 1 atom stereocenters. The Balaban J connectivity index is 2.65. The van der Waals surface area contributed by atoms with Crippen molar-refractivity contribution in [3.05, 3.63) is 22.7 Å². The highest BCUT2D eigenvalue weighted by atomic mass is 79.9. The summed E-state index contributed by atoms with van der Waals surface area (Å²) in [5.41, 5.74) is 6.40. The van der Waals surface area contributed by atoms with Gasteiger partial charge in [0.1, 0.15) is 0 Å². The zero-order valence-electron chi connectivity index (χ0n) is 8.53. The minimum absolute atomic E-state index is 0.604. The van der Waals surface area contributed by atoms with E-state index in [-0.39, 0.29) is 0 Å². The molecular formula is C10H14BrNOS2. The minimum Gasteiger partial charge on any atom is -0.398 e. The fourth-order valence-corrected chi connectivity index (χ4v) is 3.33. The standard InChI is InChI=1S/C10H14BrNOS2/c1-14-5-2-6-15(13)10-4-3-8(11)7-9(10)12/h3-4,7H,2,5-6,12H2,1H3. The lowest BCUT2D eigenvalue weighted by Gasteiger charge is -2.05. The lowest BCUT2D eigenvalue weighted by Crippen LogP contribution is -2.02. The summed E-state index contributed by atoms with van der Waals surface area (Å²) >= 11 is 5.10. The van der Waals surface area contributed by atoms with Gasteiger partial charge in [0.2, 0.25) is 0 Å². The van der Waals surface area contributed by atoms with Crippen LogP contribution in [0, 0.1) is 0 Å². The van der Waals surface area contributed by atoms with Crippen molar-refractivity contribution in [2.24, 2.45) is 0 Å². The van der Waals surface area contributed by atoms with Crippen molar-refractivity contribution in [3.8, 4) is 0 Å². The van der Waals surface area contributed by atoms with Gasteiger partial charge in [-0.2, -0.15) is 11.8 Å². The summed E-state index contributed by atoms with van der Waals surface area (Å²) in [5.74, 6) is 1.73. The van der Waals surface area contributed by atoms with E-state index in [0.29, 0.717) is 11.4 Å². The Morgan fingerprint density at radius 3 is 2.87 bits per heavy atom. The topological polar surface area (TPSA) is 43.1 Å². The Kier molecular flexibility index (Phi) is 5.71. The highest BCUT2D eigenvalue weighted by Gasteiger charge is 2.07. The van der Waals surface area contributed by atoms with Crippen LogP contribution in [0.2, 0.25) is 0 Å². The number of nitrogens with two attached hydrogens (primary N) is 1. The van der Waals surface area contributed by atoms with Gasteiger partial charge in [-0.3, -0.25) is 4.21 Å². The van der Waals surface area contributed by atoms with E-state index in [1.807, 2.05) is 12.1 Å². The second-order valence-electron chi connectivity index (χ2n) is 3.08. The number of rotatable bonds is 5. The third kappa shape index (κ3) is 4.17. The first-order chi connectivity index (χ1) is 7.15. The van der Waals surface area contributed by atoms with Crippen LogP contribution in [0.1, 0.15) is 6.42 Å². The van der Waals surface area contributed by atoms with Gasteiger partial charge in [0, 0.05) is 15.9 Å². The quantitative estimate of drug-likeness (QED) is 0.672. The maximum atomic E-state index is 11.9. The Bertz CT molecular complexity index is 357. The van der Waals surface area contributed by atoms with Crippen molar-refractivity contribution in [2.45, 2.75) is 11.3 Å². The molecule has 0 spiro atoms. The molecule has 2 nitrogen and oxygen atoms in total. The second-order valence-corrected chi connectivity index (χ2v) is 6.52. The Hall–Kier alpha value is -0.000000000000000111. The molecule has 84 valence electrons. The van der Waals surface area contributed by atoms with E-state index < -0.39 is 10.8 Å². The Morgan fingerprint density at radius 2 is 2.27 bits per heavy atom. The van der Waals surface area contributed by atoms with Gasteiger partial charge < -0.3 is 5.73 Å². The molecule has 0 aliphatic heterocycles. The van der Waals surface area contributed by atoms with Gasteiger partial charge >= 0.3 is 0 Å². The van der Waals surface area contributed by atoms with Gasteiger partial charge in [-0.15, -0.1) is 0 Å². The summed E-state index contributed by atoms with van der Waals surface area (Å²) in [7, 11) is -0.964. The molecule has 2 N–H and O–H groups in total. The minimum atomic E-state index is -0.964. The van der Waals surface area contributed by atoms with Crippen LogP contribution in [0.3, 0.4) is 0 Å². The van der Waals surface area contributed by atoms with Gasteiger partial charge in [0.05, 0.1) is 15.7 Å². The SMILES string of the molecule is CSCCCS(=O)c1ccc(Br)cc1N. The lowest BCUT2D eigenvalue weighted by molar-refractivity contribution is 0.682. The van der Waals surface area contributed by atoms with Crippen molar-refractivity contribution in [1.82, 2.24) is 0 Å². The highest BCUT2D eigenvalue weighted by molar-refractivity contribution is 9.10. The highest BCUT2D eigenvalue weighted by Crippen LogP contribution is 2.22. The maximum Gasteiger partial charge on any atom is 0.0618 e. The summed E-state index contributed by atoms with van der Waals surface area (Å²) < 4.78 is 12.8. The van der Waals surface area contributed by atoms with Crippen LogP contribution in [0.4, 0.5) is 5.69 Å². The third-order valence-corrected chi connectivity index (χ3v) is 4.61. The van der Waals surface area contributed by atoms with Gasteiger partial charge in [-0.1, -0.05) is 15.9 Å². The molecule has 0 aliphatic carbocycles. The molecule has 0 saturated heterocycles. The van der Waals surface area contributed by atoms with Gasteiger partial charge in [-0.05, 0) is 36.6 Å². The third-order valence-electron chi connectivity index (χ3n) is 1.90. The van der Waals surface area contributed by atoms with Crippen LogP contribution in [0.15, 0.2) is 27.6 Å². The summed E-state index contributed by atoms with van der Waals surface area (Å²) in [5, 5.41) is 0.